The minimum absolute atomic E-state index is 0.420. The summed E-state index contributed by atoms with van der Waals surface area (Å²) >= 11 is 0. The smallest absolute Gasteiger partial charge is 0.227 e. The molecule has 1 rings (SSSR count). The fraction of sp³-hybridized carbons (Fsp3) is 0.600. The number of nitrogens with zero attached hydrogens (tertiary/aromatic N) is 3. The highest BCUT2D eigenvalue weighted by Gasteiger charge is 2.07. The summed E-state index contributed by atoms with van der Waals surface area (Å²) in [6.45, 7) is 4.25. The summed E-state index contributed by atoms with van der Waals surface area (Å²) in [5, 5.41) is 3.04. The molecule has 1 heterocycles. The van der Waals surface area contributed by atoms with E-state index in [2.05, 4.69) is 29.1 Å². The molecule has 4 heteroatoms. The van der Waals surface area contributed by atoms with Gasteiger partial charge in [-0.1, -0.05) is 13.8 Å². The molecule has 0 bridgehead atoms. The molecule has 1 aromatic heterocycles. The third-order valence-electron chi connectivity index (χ3n) is 1.98. The van der Waals surface area contributed by atoms with E-state index in [4.69, 9.17) is 0 Å². The van der Waals surface area contributed by atoms with Crippen LogP contribution in [0, 0.1) is 0 Å². The van der Waals surface area contributed by atoms with E-state index in [1.54, 1.807) is 0 Å². The van der Waals surface area contributed by atoms with Gasteiger partial charge in [-0.3, -0.25) is 0 Å². The van der Waals surface area contributed by atoms with Crippen LogP contribution in [0.1, 0.15) is 25.5 Å². The Hall–Kier alpha value is -1.32. The van der Waals surface area contributed by atoms with Gasteiger partial charge in [0.15, 0.2) is 0 Å². The van der Waals surface area contributed by atoms with Gasteiger partial charge in [-0.05, 0) is 5.92 Å². The lowest BCUT2D eigenvalue weighted by molar-refractivity contribution is 0.807. The zero-order chi connectivity index (χ0) is 10.7. The lowest BCUT2D eigenvalue weighted by atomic mass is 10.1. The molecule has 0 saturated heterocycles. The van der Waals surface area contributed by atoms with Gasteiger partial charge >= 0.3 is 0 Å². The Morgan fingerprint density at radius 2 is 1.93 bits per heavy atom. The first-order valence-electron chi connectivity index (χ1n) is 4.78. The van der Waals surface area contributed by atoms with E-state index in [1.807, 2.05) is 32.1 Å². The molecule has 0 aromatic carbocycles. The van der Waals surface area contributed by atoms with Gasteiger partial charge in [-0.25, -0.2) is 4.98 Å². The number of hydrogen-bond acceptors (Lipinski definition) is 4. The number of nitrogens with one attached hydrogen (secondary N) is 1. The van der Waals surface area contributed by atoms with Gasteiger partial charge in [0.05, 0.1) is 5.69 Å². The van der Waals surface area contributed by atoms with Crippen LogP contribution in [0.4, 0.5) is 11.8 Å². The molecule has 1 aromatic rings. The van der Waals surface area contributed by atoms with Crippen LogP contribution < -0.4 is 10.2 Å². The zero-order valence-corrected chi connectivity index (χ0v) is 9.50. The van der Waals surface area contributed by atoms with E-state index >= 15 is 0 Å². The summed E-state index contributed by atoms with van der Waals surface area (Å²) < 4.78 is 0. The van der Waals surface area contributed by atoms with Crippen molar-refractivity contribution in [2.24, 2.45) is 0 Å². The number of rotatable bonds is 3. The van der Waals surface area contributed by atoms with Gasteiger partial charge < -0.3 is 10.2 Å². The third-order valence-corrected chi connectivity index (χ3v) is 1.98. The second-order valence-electron chi connectivity index (χ2n) is 3.78. The first-order chi connectivity index (χ1) is 6.54. The van der Waals surface area contributed by atoms with Crippen molar-refractivity contribution in [3.05, 3.63) is 11.8 Å². The average Bonchev–Trinajstić information content (AvgIpc) is 2.16. The molecule has 0 unspecified atom stereocenters. The summed E-state index contributed by atoms with van der Waals surface area (Å²) in [5.41, 5.74) is 1.06. The van der Waals surface area contributed by atoms with Crippen LogP contribution in [-0.4, -0.2) is 31.1 Å². The maximum Gasteiger partial charge on any atom is 0.227 e. The maximum atomic E-state index is 4.46. The monoisotopic (exact) mass is 194 g/mol. The summed E-state index contributed by atoms with van der Waals surface area (Å²) in [6.07, 6.45) is 0. The number of aromatic nitrogens is 2. The van der Waals surface area contributed by atoms with Gasteiger partial charge in [0.25, 0.3) is 0 Å². The summed E-state index contributed by atoms with van der Waals surface area (Å²) in [5.74, 6) is 2.04. The fourth-order valence-electron chi connectivity index (χ4n) is 1.08. The molecule has 1 N–H and O–H groups in total. The molecule has 0 amide bonds. The molecule has 0 spiro atoms. The van der Waals surface area contributed by atoms with E-state index in [1.165, 1.54) is 0 Å². The second-order valence-corrected chi connectivity index (χ2v) is 3.78. The van der Waals surface area contributed by atoms with Crippen LogP contribution in [0.3, 0.4) is 0 Å². The van der Waals surface area contributed by atoms with Crippen molar-refractivity contribution < 1.29 is 0 Å². The summed E-state index contributed by atoms with van der Waals surface area (Å²) in [6, 6.07) is 1.98. The van der Waals surface area contributed by atoms with Crippen LogP contribution in [-0.2, 0) is 0 Å². The average molecular weight is 194 g/mol. The Morgan fingerprint density at radius 3 is 2.36 bits per heavy atom. The van der Waals surface area contributed by atoms with Gasteiger partial charge in [0.2, 0.25) is 5.95 Å². The highest BCUT2D eigenvalue weighted by Crippen LogP contribution is 2.18. The molecule has 0 atom stereocenters. The van der Waals surface area contributed by atoms with Gasteiger partial charge in [0.1, 0.15) is 5.82 Å². The normalized spacial score (nSPS) is 10.4. The molecular weight excluding hydrogens is 176 g/mol. The Labute approximate surface area is 85.4 Å². The molecular formula is C10H18N4. The van der Waals surface area contributed by atoms with Crippen LogP contribution in [0.25, 0.3) is 0 Å². The molecule has 14 heavy (non-hydrogen) atoms. The van der Waals surface area contributed by atoms with Crippen molar-refractivity contribution >= 4 is 11.8 Å². The Bertz CT molecular complexity index is 281. The highest BCUT2D eigenvalue weighted by molar-refractivity contribution is 5.43. The van der Waals surface area contributed by atoms with E-state index in [-0.39, 0.29) is 0 Å². The largest absolute Gasteiger partial charge is 0.373 e. The maximum absolute atomic E-state index is 4.46. The van der Waals surface area contributed by atoms with Crippen LogP contribution in [0.2, 0.25) is 0 Å². The molecule has 0 fully saturated rings. The second kappa shape index (κ2) is 4.26. The van der Waals surface area contributed by atoms with Crippen molar-refractivity contribution in [2.75, 3.05) is 31.4 Å². The lowest BCUT2D eigenvalue weighted by Gasteiger charge is -2.14. The number of anilines is 2. The Kier molecular flexibility index (Phi) is 3.28. The highest BCUT2D eigenvalue weighted by atomic mass is 15.2. The van der Waals surface area contributed by atoms with E-state index in [0.29, 0.717) is 5.92 Å². The van der Waals surface area contributed by atoms with E-state index in [9.17, 15) is 0 Å². The Balaban J connectivity index is 3.13. The van der Waals surface area contributed by atoms with Crippen molar-refractivity contribution in [1.82, 2.24) is 9.97 Å². The van der Waals surface area contributed by atoms with Crippen LogP contribution >= 0.6 is 0 Å². The van der Waals surface area contributed by atoms with Crippen molar-refractivity contribution in [3.63, 3.8) is 0 Å². The van der Waals surface area contributed by atoms with Crippen molar-refractivity contribution in [1.29, 1.82) is 0 Å². The topological polar surface area (TPSA) is 41.1 Å². The summed E-state index contributed by atoms with van der Waals surface area (Å²) in [7, 11) is 5.75. The van der Waals surface area contributed by atoms with Gasteiger partial charge in [-0.2, -0.15) is 4.98 Å². The molecule has 0 radical (unpaired) electrons. The SMILES string of the molecule is CNc1cc(C(C)C)nc(N(C)C)n1. The minimum Gasteiger partial charge on any atom is -0.373 e. The molecule has 0 aliphatic carbocycles. The predicted octanol–water partition coefficient (Wildman–Crippen LogP) is 1.71. The zero-order valence-electron chi connectivity index (χ0n) is 9.50. The van der Waals surface area contributed by atoms with Gasteiger partial charge in [0, 0.05) is 27.2 Å². The molecule has 0 saturated carbocycles. The minimum atomic E-state index is 0.420. The molecule has 78 valence electrons. The molecule has 0 aliphatic rings. The quantitative estimate of drug-likeness (QED) is 0.795. The number of hydrogen-bond donors (Lipinski definition) is 1. The van der Waals surface area contributed by atoms with Gasteiger partial charge in [-0.15, -0.1) is 0 Å². The van der Waals surface area contributed by atoms with Crippen molar-refractivity contribution in [2.45, 2.75) is 19.8 Å². The lowest BCUT2D eigenvalue weighted by Crippen LogP contribution is -2.15. The standard InChI is InChI=1S/C10H18N4/c1-7(2)8-6-9(11-3)13-10(12-8)14(4)5/h6-7H,1-5H3,(H,11,12,13). The fourth-order valence-corrected chi connectivity index (χ4v) is 1.08. The predicted molar refractivity (Wildman–Crippen MR) is 60.0 cm³/mol. The van der Waals surface area contributed by atoms with Crippen molar-refractivity contribution in [3.8, 4) is 0 Å². The molecule has 4 nitrogen and oxygen atoms in total. The van der Waals surface area contributed by atoms with E-state index in [0.717, 1.165) is 17.5 Å². The first-order valence-corrected chi connectivity index (χ1v) is 4.78. The summed E-state index contributed by atoms with van der Waals surface area (Å²) in [4.78, 5) is 10.7. The third kappa shape index (κ3) is 2.34. The van der Waals surface area contributed by atoms with Crippen LogP contribution in [0.5, 0.6) is 0 Å². The van der Waals surface area contributed by atoms with Crippen LogP contribution in [0.15, 0.2) is 6.07 Å². The Morgan fingerprint density at radius 1 is 1.29 bits per heavy atom. The first kappa shape index (κ1) is 10.8. The molecule has 0 aliphatic heterocycles. The van der Waals surface area contributed by atoms with E-state index < -0.39 is 0 Å².